The Balaban J connectivity index is 1.63. The van der Waals surface area contributed by atoms with Crippen molar-refractivity contribution in [1.29, 1.82) is 0 Å². The molecule has 0 atom stereocenters. The predicted octanol–water partition coefficient (Wildman–Crippen LogP) is 2.80. The highest BCUT2D eigenvalue weighted by Gasteiger charge is 2.43. The smallest absolute Gasteiger partial charge is 0.225 e. The molecule has 0 radical (unpaired) electrons. The molecule has 92 valence electrons. The summed E-state index contributed by atoms with van der Waals surface area (Å²) >= 11 is 0. The van der Waals surface area contributed by atoms with Gasteiger partial charge < -0.3 is 4.90 Å². The monoisotopic (exact) mass is 231 g/mol. The summed E-state index contributed by atoms with van der Waals surface area (Å²) in [6.07, 6.45) is 9.37. The first-order chi connectivity index (χ1) is 8.17. The molecule has 1 saturated carbocycles. The SMILES string of the molecule is Cc1cnc(N2CCC3(CC2)CC(C)C3)nc1. The van der Waals surface area contributed by atoms with Crippen molar-refractivity contribution in [2.75, 3.05) is 18.0 Å². The lowest BCUT2D eigenvalue weighted by Crippen LogP contribution is -2.46. The van der Waals surface area contributed by atoms with E-state index in [1.165, 1.54) is 25.7 Å². The van der Waals surface area contributed by atoms with Gasteiger partial charge in [-0.15, -0.1) is 0 Å². The summed E-state index contributed by atoms with van der Waals surface area (Å²) in [5.74, 6) is 1.87. The van der Waals surface area contributed by atoms with Crippen molar-refractivity contribution in [2.24, 2.45) is 11.3 Å². The van der Waals surface area contributed by atoms with Crippen molar-refractivity contribution in [3.63, 3.8) is 0 Å². The molecule has 0 bridgehead atoms. The summed E-state index contributed by atoms with van der Waals surface area (Å²) in [4.78, 5) is 11.2. The van der Waals surface area contributed by atoms with Crippen molar-refractivity contribution < 1.29 is 0 Å². The highest BCUT2D eigenvalue weighted by Crippen LogP contribution is 2.52. The number of hydrogen-bond donors (Lipinski definition) is 0. The van der Waals surface area contributed by atoms with Gasteiger partial charge in [0.15, 0.2) is 0 Å². The zero-order chi connectivity index (χ0) is 11.9. The van der Waals surface area contributed by atoms with E-state index in [4.69, 9.17) is 0 Å². The average molecular weight is 231 g/mol. The molecule has 1 aliphatic carbocycles. The Bertz CT molecular complexity index is 382. The second-order valence-electron chi connectivity index (χ2n) is 6.06. The van der Waals surface area contributed by atoms with E-state index in [-0.39, 0.29) is 0 Å². The van der Waals surface area contributed by atoms with E-state index in [0.717, 1.165) is 30.5 Å². The minimum atomic E-state index is 0.681. The third-order valence-corrected chi connectivity index (χ3v) is 4.44. The van der Waals surface area contributed by atoms with E-state index in [1.807, 2.05) is 19.3 Å². The number of hydrogen-bond acceptors (Lipinski definition) is 3. The Morgan fingerprint density at radius 3 is 2.29 bits per heavy atom. The maximum absolute atomic E-state index is 4.42. The van der Waals surface area contributed by atoms with E-state index in [9.17, 15) is 0 Å². The van der Waals surface area contributed by atoms with Crippen LogP contribution in [0, 0.1) is 18.3 Å². The number of aromatic nitrogens is 2. The van der Waals surface area contributed by atoms with Gasteiger partial charge in [0.1, 0.15) is 0 Å². The lowest BCUT2D eigenvalue weighted by atomic mass is 9.58. The van der Waals surface area contributed by atoms with Gasteiger partial charge in [0, 0.05) is 25.5 Å². The zero-order valence-corrected chi connectivity index (χ0v) is 10.8. The molecule has 3 nitrogen and oxygen atoms in total. The van der Waals surface area contributed by atoms with Crippen LogP contribution in [0.5, 0.6) is 0 Å². The lowest BCUT2D eigenvalue weighted by Gasteiger charge is -2.51. The molecule has 1 aliphatic heterocycles. The normalized spacial score (nSPS) is 23.8. The van der Waals surface area contributed by atoms with Gasteiger partial charge in [-0.3, -0.25) is 0 Å². The second kappa shape index (κ2) is 3.97. The molecule has 1 aromatic rings. The molecule has 0 aromatic carbocycles. The Hall–Kier alpha value is -1.12. The summed E-state index contributed by atoms with van der Waals surface area (Å²) in [5, 5.41) is 0. The zero-order valence-electron chi connectivity index (χ0n) is 10.8. The van der Waals surface area contributed by atoms with Crippen molar-refractivity contribution >= 4 is 5.95 Å². The number of piperidine rings is 1. The molecule has 2 aliphatic rings. The third-order valence-electron chi connectivity index (χ3n) is 4.44. The van der Waals surface area contributed by atoms with Gasteiger partial charge >= 0.3 is 0 Å². The summed E-state index contributed by atoms with van der Waals surface area (Å²) in [6.45, 7) is 6.68. The van der Waals surface area contributed by atoms with Crippen LogP contribution >= 0.6 is 0 Å². The molecule has 2 fully saturated rings. The van der Waals surface area contributed by atoms with Crippen LogP contribution in [-0.4, -0.2) is 23.1 Å². The molecule has 1 saturated heterocycles. The molecule has 0 unspecified atom stereocenters. The van der Waals surface area contributed by atoms with Crippen LogP contribution in [0.2, 0.25) is 0 Å². The summed E-state index contributed by atoms with van der Waals surface area (Å²) in [5.41, 5.74) is 1.82. The fraction of sp³-hybridized carbons (Fsp3) is 0.714. The molecule has 3 heteroatoms. The molecule has 0 N–H and O–H groups in total. The van der Waals surface area contributed by atoms with Crippen LogP contribution in [0.15, 0.2) is 12.4 Å². The molecule has 2 heterocycles. The molecule has 1 aromatic heterocycles. The number of nitrogens with zero attached hydrogens (tertiary/aromatic N) is 3. The first kappa shape index (κ1) is 11.0. The molecular weight excluding hydrogens is 210 g/mol. The first-order valence-corrected chi connectivity index (χ1v) is 6.71. The molecule has 3 rings (SSSR count). The Labute approximate surface area is 103 Å². The third kappa shape index (κ3) is 2.03. The highest BCUT2D eigenvalue weighted by atomic mass is 15.2. The van der Waals surface area contributed by atoms with E-state index in [1.54, 1.807) is 0 Å². The predicted molar refractivity (Wildman–Crippen MR) is 69.0 cm³/mol. The van der Waals surface area contributed by atoms with Crippen molar-refractivity contribution in [1.82, 2.24) is 9.97 Å². The fourth-order valence-electron chi connectivity index (χ4n) is 3.56. The van der Waals surface area contributed by atoms with Crippen LogP contribution in [0.4, 0.5) is 5.95 Å². The Kier molecular flexibility index (Phi) is 2.57. The highest BCUT2D eigenvalue weighted by molar-refractivity contribution is 5.31. The van der Waals surface area contributed by atoms with Gasteiger partial charge in [-0.1, -0.05) is 6.92 Å². The van der Waals surface area contributed by atoms with Gasteiger partial charge in [-0.2, -0.15) is 0 Å². The lowest BCUT2D eigenvalue weighted by molar-refractivity contribution is 0.0379. The van der Waals surface area contributed by atoms with E-state index in [0.29, 0.717) is 5.41 Å². The van der Waals surface area contributed by atoms with Crippen molar-refractivity contribution in [3.8, 4) is 0 Å². The fourth-order valence-corrected chi connectivity index (χ4v) is 3.56. The summed E-state index contributed by atoms with van der Waals surface area (Å²) < 4.78 is 0. The van der Waals surface area contributed by atoms with Crippen molar-refractivity contribution in [2.45, 2.75) is 39.5 Å². The molecule has 1 spiro atoms. The summed E-state index contributed by atoms with van der Waals surface area (Å²) in [7, 11) is 0. The standard InChI is InChI=1S/C14H21N3/c1-11-7-14(8-11)3-5-17(6-4-14)13-15-9-12(2)10-16-13/h9-11H,3-8H2,1-2H3. The van der Waals surface area contributed by atoms with Gasteiger partial charge in [0.25, 0.3) is 0 Å². The second-order valence-corrected chi connectivity index (χ2v) is 6.06. The maximum atomic E-state index is 4.42. The van der Waals surface area contributed by atoms with Crippen LogP contribution in [0.1, 0.15) is 38.2 Å². The molecule has 17 heavy (non-hydrogen) atoms. The van der Waals surface area contributed by atoms with Crippen molar-refractivity contribution in [3.05, 3.63) is 18.0 Å². The maximum Gasteiger partial charge on any atom is 0.225 e. The number of rotatable bonds is 1. The largest absolute Gasteiger partial charge is 0.341 e. The quantitative estimate of drug-likeness (QED) is 0.744. The van der Waals surface area contributed by atoms with Crippen LogP contribution in [0.3, 0.4) is 0 Å². The topological polar surface area (TPSA) is 29.0 Å². The minimum Gasteiger partial charge on any atom is -0.341 e. The number of anilines is 1. The summed E-state index contributed by atoms with van der Waals surface area (Å²) in [6, 6.07) is 0. The minimum absolute atomic E-state index is 0.681. The average Bonchev–Trinajstić information content (AvgIpc) is 2.30. The molecule has 0 amide bonds. The van der Waals surface area contributed by atoms with Crippen LogP contribution < -0.4 is 4.90 Å². The first-order valence-electron chi connectivity index (χ1n) is 6.71. The van der Waals surface area contributed by atoms with Crippen LogP contribution in [-0.2, 0) is 0 Å². The Morgan fingerprint density at radius 1 is 1.18 bits per heavy atom. The molecular formula is C14H21N3. The van der Waals surface area contributed by atoms with Gasteiger partial charge in [-0.05, 0) is 49.5 Å². The Morgan fingerprint density at radius 2 is 1.76 bits per heavy atom. The van der Waals surface area contributed by atoms with Crippen LogP contribution in [0.25, 0.3) is 0 Å². The van der Waals surface area contributed by atoms with E-state index >= 15 is 0 Å². The van der Waals surface area contributed by atoms with Gasteiger partial charge in [0.05, 0.1) is 0 Å². The van der Waals surface area contributed by atoms with E-state index in [2.05, 4.69) is 21.8 Å². The van der Waals surface area contributed by atoms with E-state index < -0.39 is 0 Å². The van der Waals surface area contributed by atoms with Gasteiger partial charge in [-0.25, -0.2) is 9.97 Å². The van der Waals surface area contributed by atoms with Gasteiger partial charge in [0.2, 0.25) is 5.95 Å². The number of aryl methyl sites for hydroxylation is 1.